The zero-order valence-corrected chi connectivity index (χ0v) is 8.93. The Bertz CT molecular complexity index is 283. The van der Waals surface area contributed by atoms with Gasteiger partial charge in [0.15, 0.2) is 0 Å². The molecule has 1 nitrogen and oxygen atoms in total. The van der Waals surface area contributed by atoms with E-state index in [9.17, 15) is 0 Å². The summed E-state index contributed by atoms with van der Waals surface area (Å²) in [5, 5.41) is 0.800. The molecule has 0 unspecified atom stereocenters. The number of benzene rings is 1. The summed E-state index contributed by atoms with van der Waals surface area (Å²) in [5.74, 6) is 0. The Morgan fingerprint density at radius 3 is 2.62 bits per heavy atom. The van der Waals surface area contributed by atoms with Gasteiger partial charge in [-0.1, -0.05) is 37.6 Å². The highest BCUT2D eigenvalue weighted by Gasteiger charge is 2.11. The topological polar surface area (TPSA) is 26.0 Å². The summed E-state index contributed by atoms with van der Waals surface area (Å²) in [6, 6.07) is 6.05. The molecule has 1 aromatic rings. The van der Waals surface area contributed by atoms with Crippen molar-refractivity contribution in [1.29, 1.82) is 0 Å². The van der Waals surface area contributed by atoms with Crippen LogP contribution in [0.1, 0.15) is 37.4 Å². The van der Waals surface area contributed by atoms with Crippen LogP contribution in [-0.2, 0) is 6.42 Å². The van der Waals surface area contributed by atoms with E-state index in [1.807, 2.05) is 12.1 Å². The monoisotopic (exact) mass is 197 g/mol. The molecule has 0 fully saturated rings. The highest BCUT2D eigenvalue weighted by molar-refractivity contribution is 6.31. The number of rotatable bonds is 3. The summed E-state index contributed by atoms with van der Waals surface area (Å²) in [6.45, 7) is 4.20. The van der Waals surface area contributed by atoms with Crippen LogP contribution < -0.4 is 5.73 Å². The third-order valence-electron chi connectivity index (χ3n) is 2.33. The van der Waals surface area contributed by atoms with Crippen LogP contribution in [0.4, 0.5) is 0 Å². The molecule has 72 valence electrons. The van der Waals surface area contributed by atoms with E-state index in [0.717, 1.165) is 23.4 Å². The number of nitrogens with two attached hydrogens (primary N) is 1. The van der Waals surface area contributed by atoms with Gasteiger partial charge >= 0.3 is 0 Å². The van der Waals surface area contributed by atoms with Crippen molar-refractivity contribution in [3.63, 3.8) is 0 Å². The van der Waals surface area contributed by atoms with Crippen molar-refractivity contribution in [3.05, 3.63) is 34.3 Å². The standard InChI is InChI=1S/C11H16ClN/c1-3-8-6-5-7-9(12)11(8)10(13)4-2/h5-7,10H,3-4,13H2,1-2H3/t10-/m0/s1. The number of halogens is 1. The average molecular weight is 198 g/mol. The lowest BCUT2D eigenvalue weighted by molar-refractivity contribution is 0.690. The maximum absolute atomic E-state index is 6.10. The minimum atomic E-state index is 0.0728. The van der Waals surface area contributed by atoms with Crippen LogP contribution in [0, 0.1) is 0 Å². The average Bonchev–Trinajstić information content (AvgIpc) is 2.16. The van der Waals surface area contributed by atoms with Crippen LogP contribution in [0.15, 0.2) is 18.2 Å². The minimum absolute atomic E-state index is 0.0728. The lowest BCUT2D eigenvalue weighted by Gasteiger charge is -2.15. The van der Waals surface area contributed by atoms with Gasteiger partial charge in [0.1, 0.15) is 0 Å². The van der Waals surface area contributed by atoms with E-state index in [1.54, 1.807) is 0 Å². The molecule has 1 atom stereocenters. The molecule has 0 aliphatic rings. The number of hydrogen-bond donors (Lipinski definition) is 1. The number of aryl methyl sites for hydroxylation is 1. The molecule has 0 amide bonds. The van der Waals surface area contributed by atoms with Crippen molar-refractivity contribution in [3.8, 4) is 0 Å². The lowest BCUT2D eigenvalue weighted by atomic mass is 9.97. The molecule has 1 rings (SSSR count). The molecule has 2 heteroatoms. The first kappa shape index (κ1) is 10.6. The van der Waals surface area contributed by atoms with Gasteiger partial charge in [-0.3, -0.25) is 0 Å². The van der Waals surface area contributed by atoms with Crippen LogP contribution >= 0.6 is 11.6 Å². The van der Waals surface area contributed by atoms with Gasteiger partial charge in [-0.05, 0) is 30.0 Å². The fraction of sp³-hybridized carbons (Fsp3) is 0.455. The molecule has 0 radical (unpaired) electrons. The van der Waals surface area contributed by atoms with Gasteiger partial charge in [0, 0.05) is 11.1 Å². The molecule has 0 saturated carbocycles. The molecule has 1 aromatic carbocycles. The van der Waals surface area contributed by atoms with Crippen LogP contribution in [0.5, 0.6) is 0 Å². The minimum Gasteiger partial charge on any atom is -0.324 e. The molecule has 0 heterocycles. The van der Waals surface area contributed by atoms with E-state index < -0.39 is 0 Å². The largest absolute Gasteiger partial charge is 0.324 e. The first-order valence-corrected chi connectivity index (χ1v) is 5.11. The normalized spacial score (nSPS) is 12.9. The van der Waals surface area contributed by atoms with E-state index >= 15 is 0 Å². The summed E-state index contributed by atoms with van der Waals surface area (Å²) < 4.78 is 0. The van der Waals surface area contributed by atoms with Gasteiger partial charge in [-0.15, -0.1) is 0 Å². The second-order valence-corrected chi connectivity index (χ2v) is 3.59. The Morgan fingerprint density at radius 2 is 2.08 bits per heavy atom. The predicted octanol–water partition coefficient (Wildman–Crippen LogP) is 3.31. The molecular weight excluding hydrogens is 182 g/mol. The van der Waals surface area contributed by atoms with Crippen LogP contribution in [-0.4, -0.2) is 0 Å². The highest BCUT2D eigenvalue weighted by atomic mass is 35.5. The Balaban J connectivity index is 3.14. The van der Waals surface area contributed by atoms with Crippen molar-refractivity contribution in [2.24, 2.45) is 5.73 Å². The van der Waals surface area contributed by atoms with Gasteiger partial charge in [0.05, 0.1) is 0 Å². The van der Waals surface area contributed by atoms with Gasteiger partial charge in [0.2, 0.25) is 0 Å². The van der Waals surface area contributed by atoms with Gasteiger partial charge in [0.25, 0.3) is 0 Å². The van der Waals surface area contributed by atoms with Crippen LogP contribution in [0.25, 0.3) is 0 Å². The second kappa shape index (κ2) is 4.64. The van der Waals surface area contributed by atoms with Crippen LogP contribution in [0.3, 0.4) is 0 Å². The summed E-state index contributed by atoms with van der Waals surface area (Å²) in [4.78, 5) is 0. The molecule has 0 aliphatic heterocycles. The first-order chi connectivity index (χ1) is 6.20. The van der Waals surface area contributed by atoms with E-state index in [-0.39, 0.29) is 6.04 Å². The lowest BCUT2D eigenvalue weighted by Crippen LogP contribution is -2.11. The highest BCUT2D eigenvalue weighted by Crippen LogP contribution is 2.27. The fourth-order valence-corrected chi connectivity index (χ4v) is 1.84. The molecule has 0 bridgehead atoms. The number of hydrogen-bond acceptors (Lipinski definition) is 1. The molecule has 0 aliphatic carbocycles. The van der Waals surface area contributed by atoms with Crippen molar-refractivity contribution < 1.29 is 0 Å². The molecule has 2 N–H and O–H groups in total. The molecular formula is C11H16ClN. The zero-order chi connectivity index (χ0) is 9.84. The van der Waals surface area contributed by atoms with Crippen molar-refractivity contribution in [1.82, 2.24) is 0 Å². The van der Waals surface area contributed by atoms with E-state index in [0.29, 0.717) is 0 Å². The summed E-state index contributed by atoms with van der Waals surface area (Å²) in [7, 11) is 0. The fourth-order valence-electron chi connectivity index (χ4n) is 1.51. The Labute approximate surface area is 84.9 Å². The second-order valence-electron chi connectivity index (χ2n) is 3.18. The smallest absolute Gasteiger partial charge is 0.0456 e. The van der Waals surface area contributed by atoms with Crippen molar-refractivity contribution in [2.75, 3.05) is 0 Å². The van der Waals surface area contributed by atoms with Crippen LogP contribution in [0.2, 0.25) is 5.02 Å². The third-order valence-corrected chi connectivity index (χ3v) is 2.66. The van der Waals surface area contributed by atoms with E-state index in [1.165, 1.54) is 5.56 Å². The SMILES string of the molecule is CCc1cccc(Cl)c1[C@@H](N)CC. The summed E-state index contributed by atoms with van der Waals surface area (Å²) >= 11 is 6.10. The van der Waals surface area contributed by atoms with Crippen molar-refractivity contribution >= 4 is 11.6 Å². The molecule has 0 aromatic heterocycles. The molecule has 13 heavy (non-hydrogen) atoms. The van der Waals surface area contributed by atoms with E-state index in [4.69, 9.17) is 17.3 Å². The summed E-state index contributed by atoms with van der Waals surface area (Å²) in [5.41, 5.74) is 8.37. The predicted molar refractivity (Wildman–Crippen MR) is 58.0 cm³/mol. The van der Waals surface area contributed by atoms with E-state index in [2.05, 4.69) is 19.9 Å². The first-order valence-electron chi connectivity index (χ1n) is 4.73. The van der Waals surface area contributed by atoms with Crippen molar-refractivity contribution in [2.45, 2.75) is 32.7 Å². The van der Waals surface area contributed by atoms with Gasteiger partial charge in [-0.25, -0.2) is 0 Å². The Kier molecular flexibility index (Phi) is 3.76. The van der Waals surface area contributed by atoms with Gasteiger partial charge in [-0.2, -0.15) is 0 Å². The van der Waals surface area contributed by atoms with Gasteiger partial charge < -0.3 is 5.73 Å². The zero-order valence-electron chi connectivity index (χ0n) is 8.18. The third kappa shape index (κ3) is 2.23. The molecule has 0 saturated heterocycles. The maximum atomic E-state index is 6.10. The summed E-state index contributed by atoms with van der Waals surface area (Å²) in [6.07, 6.45) is 1.92. The molecule has 0 spiro atoms. The maximum Gasteiger partial charge on any atom is 0.0456 e. The Hall–Kier alpha value is -0.530. The Morgan fingerprint density at radius 1 is 1.38 bits per heavy atom. The quantitative estimate of drug-likeness (QED) is 0.791.